The van der Waals surface area contributed by atoms with Crippen LogP contribution in [0.2, 0.25) is 0 Å². The molecule has 3 nitrogen and oxygen atoms in total. The molecule has 0 aliphatic heterocycles. The van der Waals surface area contributed by atoms with Crippen molar-refractivity contribution in [1.82, 2.24) is 0 Å². The molecule has 3 heteroatoms. The van der Waals surface area contributed by atoms with Gasteiger partial charge in [0.05, 0.1) is 13.2 Å². The van der Waals surface area contributed by atoms with Crippen molar-refractivity contribution < 1.29 is 9.47 Å². The Hall–Kier alpha value is -1.38. The van der Waals surface area contributed by atoms with Gasteiger partial charge in [-0.25, -0.2) is 0 Å². The van der Waals surface area contributed by atoms with Crippen molar-refractivity contribution in [3.05, 3.63) is 18.2 Å². The first kappa shape index (κ1) is 15.7. The minimum atomic E-state index is 0.723. The van der Waals surface area contributed by atoms with Crippen LogP contribution in [0.3, 0.4) is 0 Å². The highest BCUT2D eigenvalue weighted by Gasteiger charge is 2.06. The van der Waals surface area contributed by atoms with Crippen LogP contribution in [0.5, 0.6) is 11.5 Å². The van der Waals surface area contributed by atoms with Gasteiger partial charge in [0.15, 0.2) is 11.5 Å². The molecule has 0 radical (unpaired) electrons. The third kappa shape index (κ3) is 5.86. The molecule has 19 heavy (non-hydrogen) atoms. The summed E-state index contributed by atoms with van der Waals surface area (Å²) >= 11 is 0. The van der Waals surface area contributed by atoms with Gasteiger partial charge in [0, 0.05) is 18.3 Å². The summed E-state index contributed by atoms with van der Waals surface area (Å²) in [5, 5.41) is 3.41. The second kappa shape index (κ2) is 9.54. The molecule has 0 aliphatic rings. The van der Waals surface area contributed by atoms with Gasteiger partial charge >= 0.3 is 0 Å². The quantitative estimate of drug-likeness (QED) is 0.633. The van der Waals surface area contributed by atoms with Crippen molar-refractivity contribution >= 4 is 5.69 Å². The van der Waals surface area contributed by atoms with Gasteiger partial charge in [0.2, 0.25) is 0 Å². The van der Waals surface area contributed by atoms with E-state index in [0.29, 0.717) is 0 Å². The first-order valence-corrected chi connectivity index (χ1v) is 7.45. The summed E-state index contributed by atoms with van der Waals surface area (Å²) in [5.41, 5.74) is 1.10. The predicted octanol–water partition coefficient (Wildman–Crippen LogP) is 4.48. The van der Waals surface area contributed by atoms with Gasteiger partial charge < -0.3 is 14.8 Å². The van der Waals surface area contributed by atoms with Gasteiger partial charge in [-0.2, -0.15) is 0 Å². The van der Waals surface area contributed by atoms with Crippen LogP contribution in [0.4, 0.5) is 5.69 Å². The first-order chi connectivity index (χ1) is 9.31. The number of hydrogen-bond donors (Lipinski definition) is 1. The second-order valence-corrected chi connectivity index (χ2v) is 4.64. The standard InChI is InChI=1S/C16H27NO2/c1-4-7-10-17-14-8-9-15(18-11-5-2)16(13-14)19-12-6-3/h8-9,13,17H,4-7,10-12H2,1-3H3. The predicted molar refractivity (Wildman–Crippen MR) is 81.4 cm³/mol. The summed E-state index contributed by atoms with van der Waals surface area (Å²) in [6.07, 6.45) is 4.38. The fourth-order valence-electron chi connectivity index (χ4n) is 1.68. The average Bonchev–Trinajstić information content (AvgIpc) is 2.44. The topological polar surface area (TPSA) is 30.5 Å². The summed E-state index contributed by atoms with van der Waals surface area (Å²) in [5.74, 6) is 1.69. The van der Waals surface area contributed by atoms with Gasteiger partial charge in [0.1, 0.15) is 0 Å². The SMILES string of the molecule is CCCCNc1ccc(OCCC)c(OCCC)c1. The Bertz CT molecular complexity index is 353. The fraction of sp³-hybridized carbons (Fsp3) is 0.625. The van der Waals surface area contributed by atoms with Crippen LogP contribution in [0.1, 0.15) is 46.5 Å². The third-order valence-corrected chi connectivity index (χ3v) is 2.73. The van der Waals surface area contributed by atoms with E-state index in [-0.39, 0.29) is 0 Å². The van der Waals surface area contributed by atoms with E-state index in [1.54, 1.807) is 0 Å². The van der Waals surface area contributed by atoms with Crippen LogP contribution < -0.4 is 14.8 Å². The zero-order chi connectivity index (χ0) is 13.9. The summed E-state index contributed by atoms with van der Waals surface area (Å²) in [4.78, 5) is 0. The minimum Gasteiger partial charge on any atom is -0.490 e. The molecule has 1 N–H and O–H groups in total. The van der Waals surface area contributed by atoms with E-state index in [9.17, 15) is 0 Å². The molecule has 0 amide bonds. The molecule has 0 atom stereocenters. The van der Waals surface area contributed by atoms with Gasteiger partial charge in [0.25, 0.3) is 0 Å². The van der Waals surface area contributed by atoms with Crippen molar-refractivity contribution in [3.8, 4) is 11.5 Å². The molecule has 0 saturated carbocycles. The van der Waals surface area contributed by atoms with E-state index in [1.807, 2.05) is 12.1 Å². The van der Waals surface area contributed by atoms with E-state index >= 15 is 0 Å². The lowest BCUT2D eigenvalue weighted by Gasteiger charge is -2.14. The zero-order valence-corrected chi connectivity index (χ0v) is 12.5. The van der Waals surface area contributed by atoms with Crippen molar-refractivity contribution in [3.63, 3.8) is 0 Å². The second-order valence-electron chi connectivity index (χ2n) is 4.64. The number of rotatable bonds is 10. The lowest BCUT2D eigenvalue weighted by Crippen LogP contribution is -2.04. The number of hydrogen-bond acceptors (Lipinski definition) is 3. The molecule has 0 aliphatic carbocycles. The summed E-state index contributed by atoms with van der Waals surface area (Å²) in [6, 6.07) is 6.09. The Morgan fingerprint density at radius 1 is 0.895 bits per heavy atom. The highest BCUT2D eigenvalue weighted by molar-refractivity contribution is 5.54. The Morgan fingerprint density at radius 3 is 2.21 bits per heavy atom. The molecule has 0 spiro atoms. The smallest absolute Gasteiger partial charge is 0.163 e. The largest absolute Gasteiger partial charge is 0.490 e. The Kier molecular flexibility index (Phi) is 7.87. The van der Waals surface area contributed by atoms with E-state index in [1.165, 1.54) is 12.8 Å². The van der Waals surface area contributed by atoms with Gasteiger partial charge in [-0.15, -0.1) is 0 Å². The highest BCUT2D eigenvalue weighted by Crippen LogP contribution is 2.30. The van der Waals surface area contributed by atoms with Crippen LogP contribution in [0.25, 0.3) is 0 Å². The minimum absolute atomic E-state index is 0.723. The van der Waals surface area contributed by atoms with E-state index in [0.717, 1.165) is 49.8 Å². The molecule has 108 valence electrons. The van der Waals surface area contributed by atoms with Crippen LogP contribution in [0, 0.1) is 0 Å². The maximum atomic E-state index is 5.77. The van der Waals surface area contributed by atoms with Crippen molar-refractivity contribution in [2.75, 3.05) is 25.1 Å². The lowest BCUT2D eigenvalue weighted by molar-refractivity contribution is 0.268. The van der Waals surface area contributed by atoms with Crippen LogP contribution in [-0.4, -0.2) is 19.8 Å². The summed E-state index contributed by atoms with van der Waals surface area (Å²) in [6.45, 7) is 8.85. The monoisotopic (exact) mass is 265 g/mol. The van der Waals surface area contributed by atoms with Crippen molar-refractivity contribution in [1.29, 1.82) is 0 Å². The van der Waals surface area contributed by atoms with Crippen molar-refractivity contribution in [2.45, 2.75) is 46.5 Å². The molecule has 0 fully saturated rings. The summed E-state index contributed by atoms with van der Waals surface area (Å²) in [7, 11) is 0. The molecule has 1 aromatic rings. The Labute approximate surface area is 117 Å². The maximum Gasteiger partial charge on any atom is 0.163 e. The van der Waals surface area contributed by atoms with Gasteiger partial charge in [-0.3, -0.25) is 0 Å². The Morgan fingerprint density at radius 2 is 1.58 bits per heavy atom. The number of benzene rings is 1. The Balaban J connectivity index is 2.69. The van der Waals surface area contributed by atoms with E-state index in [2.05, 4.69) is 32.2 Å². The number of anilines is 1. The molecule has 0 saturated heterocycles. The molecule has 1 aromatic carbocycles. The molecule has 0 heterocycles. The molecule has 0 bridgehead atoms. The molecule has 0 unspecified atom stereocenters. The highest BCUT2D eigenvalue weighted by atomic mass is 16.5. The van der Waals surface area contributed by atoms with Crippen LogP contribution >= 0.6 is 0 Å². The fourth-order valence-corrected chi connectivity index (χ4v) is 1.68. The third-order valence-electron chi connectivity index (χ3n) is 2.73. The van der Waals surface area contributed by atoms with E-state index in [4.69, 9.17) is 9.47 Å². The summed E-state index contributed by atoms with van der Waals surface area (Å²) < 4.78 is 11.5. The average molecular weight is 265 g/mol. The molecular weight excluding hydrogens is 238 g/mol. The van der Waals surface area contributed by atoms with Gasteiger partial charge in [-0.1, -0.05) is 27.2 Å². The number of nitrogens with one attached hydrogen (secondary N) is 1. The number of unbranched alkanes of at least 4 members (excludes halogenated alkanes) is 1. The van der Waals surface area contributed by atoms with Crippen molar-refractivity contribution in [2.24, 2.45) is 0 Å². The van der Waals surface area contributed by atoms with Crippen LogP contribution in [0.15, 0.2) is 18.2 Å². The first-order valence-electron chi connectivity index (χ1n) is 7.45. The normalized spacial score (nSPS) is 10.3. The zero-order valence-electron chi connectivity index (χ0n) is 12.5. The van der Waals surface area contributed by atoms with E-state index < -0.39 is 0 Å². The van der Waals surface area contributed by atoms with Crippen LogP contribution in [-0.2, 0) is 0 Å². The molecular formula is C16H27NO2. The molecule has 0 aromatic heterocycles. The maximum absolute atomic E-state index is 5.77. The molecule has 1 rings (SSSR count). The number of ether oxygens (including phenoxy) is 2. The van der Waals surface area contributed by atoms with Gasteiger partial charge in [-0.05, 0) is 31.4 Å². The lowest BCUT2D eigenvalue weighted by atomic mass is 10.2.